The summed E-state index contributed by atoms with van der Waals surface area (Å²) in [6.45, 7) is 0. The van der Waals surface area contributed by atoms with Crippen LogP contribution in [0.15, 0.2) is 59.2 Å². The highest BCUT2D eigenvalue weighted by atomic mass is 79.9. The number of hydrogen-bond donors (Lipinski definition) is 3. The average Bonchev–Trinajstić information content (AvgIpc) is 2.51. The molecule has 0 saturated heterocycles. The second-order valence-corrected chi connectivity index (χ2v) is 5.19. The minimum Gasteiger partial charge on any atom is -0.355 e. The van der Waals surface area contributed by atoms with Crippen LogP contribution in [0.2, 0.25) is 0 Å². The van der Waals surface area contributed by atoms with E-state index in [1.165, 1.54) is 5.39 Å². The fourth-order valence-electron chi connectivity index (χ4n) is 2.11. The highest BCUT2D eigenvalue weighted by molar-refractivity contribution is 9.10. The van der Waals surface area contributed by atoms with Crippen LogP contribution in [0.4, 0.5) is 17.2 Å². The molecule has 0 spiro atoms. The molecule has 0 unspecified atom stereocenters. The van der Waals surface area contributed by atoms with E-state index in [4.69, 9.17) is 5.84 Å². The monoisotopic (exact) mass is 328 g/mol. The van der Waals surface area contributed by atoms with Crippen LogP contribution in [0.3, 0.4) is 0 Å². The van der Waals surface area contributed by atoms with Crippen LogP contribution >= 0.6 is 15.9 Å². The molecule has 4 N–H and O–H groups in total. The van der Waals surface area contributed by atoms with Gasteiger partial charge in [-0.05, 0) is 23.6 Å². The number of nitrogens with zero attached hydrogens (tertiary/aromatic N) is 1. The van der Waals surface area contributed by atoms with Gasteiger partial charge < -0.3 is 10.7 Å². The SMILES string of the molecule is NNc1cc(Nc2ccc(Br)c3ccccc23)ccn1. The van der Waals surface area contributed by atoms with Gasteiger partial charge in [-0.3, -0.25) is 0 Å². The first-order chi connectivity index (χ1) is 9.78. The van der Waals surface area contributed by atoms with E-state index in [-0.39, 0.29) is 0 Å². The molecule has 0 bridgehead atoms. The van der Waals surface area contributed by atoms with Crippen LogP contribution in [0, 0.1) is 0 Å². The van der Waals surface area contributed by atoms with Crippen LogP contribution in [-0.2, 0) is 0 Å². The third-order valence-electron chi connectivity index (χ3n) is 3.06. The van der Waals surface area contributed by atoms with Crippen molar-refractivity contribution >= 4 is 43.9 Å². The maximum Gasteiger partial charge on any atom is 0.141 e. The maximum absolute atomic E-state index is 5.38. The molecule has 4 nitrogen and oxygen atoms in total. The Labute approximate surface area is 125 Å². The Morgan fingerprint density at radius 1 is 1.00 bits per heavy atom. The third-order valence-corrected chi connectivity index (χ3v) is 3.75. The number of pyridine rings is 1. The number of hydrogen-bond acceptors (Lipinski definition) is 4. The number of nitrogen functional groups attached to an aromatic ring is 1. The first-order valence-electron chi connectivity index (χ1n) is 6.15. The lowest BCUT2D eigenvalue weighted by Gasteiger charge is -2.11. The van der Waals surface area contributed by atoms with Gasteiger partial charge in [0, 0.05) is 33.5 Å². The topological polar surface area (TPSA) is 63.0 Å². The minimum absolute atomic E-state index is 0.622. The third kappa shape index (κ3) is 2.45. The molecule has 0 aliphatic carbocycles. The Bertz CT molecular complexity index is 758. The van der Waals surface area contributed by atoms with Crippen LogP contribution in [0.5, 0.6) is 0 Å². The summed E-state index contributed by atoms with van der Waals surface area (Å²) in [4.78, 5) is 4.09. The van der Waals surface area contributed by atoms with Crippen LogP contribution < -0.4 is 16.6 Å². The highest BCUT2D eigenvalue weighted by Gasteiger charge is 2.04. The van der Waals surface area contributed by atoms with Gasteiger partial charge in [0.05, 0.1) is 0 Å². The highest BCUT2D eigenvalue weighted by Crippen LogP contribution is 2.31. The molecule has 3 aromatic rings. The molecule has 1 heterocycles. The van der Waals surface area contributed by atoms with Gasteiger partial charge in [-0.1, -0.05) is 40.2 Å². The minimum atomic E-state index is 0.622. The maximum atomic E-state index is 5.38. The van der Waals surface area contributed by atoms with Gasteiger partial charge >= 0.3 is 0 Å². The quantitative estimate of drug-likeness (QED) is 0.501. The number of rotatable bonds is 3. The van der Waals surface area contributed by atoms with E-state index in [9.17, 15) is 0 Å². The normalized spacial score (nSPS) is 10.5. The summed E-state index contributed by atoms with van der Waals surface area (Å²) in [5.41, 5.74) is 4.51. The molecule has 100 valence electrons. The summed E-state index contributed by atoms with van der Waals surface area (Å²) in [6, 6.07) is 16.1. The molecule has 0 radical (unpaired) electrons. The molecule has 0 aliphatic heterocycles. The predicted octanol–water partition coefficient (Wildman–Crippen LogP) is 4.03. The molecule has 20 heavy (non-hydrogen) atoms. The van der Waals surface area contributed by atoms with E-state index >= 15 is 0 Å². The Morgan fingerprint density at radius 3 is 2.60 bits per heavy atom. The molecular weight excluding hydrogens is 316 g/mol. The Balaban J connectivity index is 2.04. The van der Waals surface area contributed by atoms with Crippen molar-refractivity contribution in [2.75, 3.05) is 10.7 Å². The number of benzene rings is 2. The number of hydrazine groups is 1. The van der Waals surface area contributed by atoms with Gasteiger partial charge in [0.1, 0.15) is 5.82 Å². The lowest BCUT2D eigenvalue weighted by Crippen LogP contribution is -2.08. The zero-order chi connectivity index (χ0) is 13.9. The molecule has 3 rings (SSSR count). The van der Waals surface area contributed by atoms with Crippen LogP contribution in [0.1, 0.15) is 0 Å². The molecular formula is C15H13BrN4. The summed E-state index contributed by atoms with van der Waals surface area (Å²) in [5, 5.41) is 5.72. The summed E-state index contributed by atoms with van der Waals surface area (Å²) in [6.07, 6.45) is 1.71. The summed E-state index contributed by atoms with van der Waals surface area (Å²) < 4.78 is 1.08. The lowest BCUT2D eigenvalue weighted by molar-refractivity contribution is 1.23. The van der Waals surface area contributed by atoms with Crippen molar-refractivity contribution in [3.8, 4) is 0 Å². The second-order valence-electron chi connectivity index (χ2n) is 4.34. The second kappa shape index (κ2) is 5.48. The van der Waals surface area contributed by atoms with Crippen molar-refractivity contribution < 1.29 is 0 Å². The fourth-order valence-corrected chi connectivity index (χ4v) is 2.59. The smallest absolute Gasteiger partial charge is 0.141 e. The molecule has 0 atom stereocenters. The van der Waals surface area contributed by atoms with Crippen LogP contribution in [-0.4, -0.2) is 4.98 Å². The largest absolute Gasteiger partial charge is 0.355 e. The molecule has 1 aromatic heterocycles. The summed E-state index contributed by atoms with van der Waals surface area (Å²) >= 11 is 3.57. The number of nitrogens with one attached hydrogen (secondary N) is 2. The molecule has 2 aromatic carbocycles. The first-order valence-corrected chi connectivity index (χ1v) is 6.94. The van der Waals surface area contributed by atoms with Gasteiger partial charge in [0.25, 0.3) is 0 Å². The zero-order valence-electron chi connectivity index (χ0n) is 10.6. The van der Waals surface area contributed by atoms with E-state index in [1.54, 1.807) is 6.20 Å². The van der Waals surface area contributed by atoms with Crippen molar-refractivity contribution in [2.45, 2.75) is 0 Å². The van der Waals surface area contributed by atoms with Gasteiger partial charge in [-0.15, -0.1) is 0 Å². The first kappa shape index (κ1) is 12.9. The van der Waals surface area contributed by atoms with Crippen molar-refractivity contribution in [3.05, 3.63) is 59.2 Å². The summed E-state index contributed by atoms with van der Waals surface area (Å²) in [5.74, 6) is 6.00. The van der Waals surface area contributed by atoms with Gasteiger partial charge in [-0.2, -0.15) is 0 Å². The van der Waals surface area contributed by atoms with Crippen molar-refractivity contribution in [2.24, 2.45) is 5.84 Å². The Morgan fingerprint density at radius 2 is 1.80 bits per heavy atom. The Kier molecular flexibility index (Phi) is 3.54. The molecule has 0 fully saturated rings. The van der Waals surface area contributed by atoms with E-state index in [0.717, 1.165) is 21.2 Å². The fraction of sp³-hybridized carbons (Fsp3) is 0. The number of nitrogens with two attached hydrogens (primary N) is 1. The van der Waals surface area contributed by atoms with Crippen molar-refractivity contribution in [3.63, 3.8) is 0 Å². The van der Waals surface area contributed by atoms with E-state index in [2.05, 4.69) is 43.8 Å². The van der Waals surface area contributed by atoms with E-state index < -0.39 is 0 Å². The average molecular weight is 329 g/mol. The molecule has 0 aliphatic rings. The van der Waals surface area contributed by atoms with Crippen LogP contribution in [0.25, 0.3) is 10.8 Å². The zero-order valence-corrected chi connectivity index (χ0v) is 12.2. The molecule has 0 saturated carbocycles. The predicted molar refractivity (Wildman–Crippen MR) is 87.0 cm³/mol. The van der Waals surface area contributed by atoms with Gasteiger partial charge in [0.2, 0.25) is 0 Å². The number of anilines is 3. The van der Waals surface area contributed by atoms with E-state index in [1.807, 2.05) is 36.4 Å². The van der Waals surface area contributed by atoms with Crippen molar-refractivity contribution in [1.29, 1.82) is 0 Å². The lowest BCUT2D eigenvalue weighted by atomic mass is 10.1. The van der Waals surface area contributed by atoms with E-state index in [0.29, 0.717) is 5.82 Å². The van der Waals surface area contributed by atoms with Gasteiger partial charge in [0.15, 0.2) is 0 Å². The Hall–Kier alpha value is -2.11. The standard InChI is InChI=1S/C15H13BrN4/c16-13-5-6-14(12-4-2-1-3-11(12)13)19-10-7-8-18-15(9-10)20-17/h1-9H,17H2,(H2,18,19,20). The number of fused-ring (bicyclic) bond motifs is 1. The molecule has 0 amide bonds. The number of halogens is 1. The summed E-state index contributed by atoms with van der Waals surface area (Å²) in [7, 11) is 0. The van der Waals surface area contributed by atoms with Gasteiger partial charge in [-0.25, -0.2) is 10.8 Å². The van der Waals surface area contributed by atoms with Crippen molar-refractivity contribution in [1.82, 2.24) is 4.98 Å². The molecule has 5 heteroatoms. The number of aromatic nitrogens is 1.